The normalized spacial score (nSPS) is 12.8. The minimum Gasteiger partial charge on any atom is -0.490 e. The van der Waals surface area contributed by atoms with E-state index in [2.05, 4.69) is 23.8 Å². The number of hydrogen-bond donors (Lipinski definition) is 1. The fourth-order valence-corrected chi connectivity index (χ4v) is 1.74. The van der Waals surface area contributed by atoms with Crippen LogP contribution in [-0.2, 0) is 6.61 Å². The van der Waals surface area contributed by atoms with Crippen molar-refractivity contribution < 1.29 is 9.84 Å². The summed E-state index contributed by atoms with van der Waals surface area (Å²) in [7, 11) is 0. The number of aliphatic hydroxyl groups excluding tert-OH is 1. The van der Waals surface area contributed by atoms with Crippen molar-refractivity contribution in [3.8, 4) is 5.75 Å². The molecular formula is C14H24N2O2. The molecule has 1 rings (SSSR count). The lowest BCUT2D eigenvalue weighted by Gasteiger charge is -2.14. The fraction of sp³-hybridized carbons (Fsp3) is 0.714. The average Bonchev–Trinajstić information content (AvgIpc) is 2.36. The van der Waals surface area contributed by atoms with Crippen molar-refractivity contribution in [3.05, 3.63) is 17.7 Å². The Morgan fingerprint density at radius 2 is 2.06 bits per heavy atom. The number of rotatable bonds is 7. The van der Waals surface area contributed by atoms with Gasteiger partial charge in [0.25, 0.3) is 0 Å². The van der Waals surface area contributed by atoms with Crippen molar-refractivity contribution in [1.29, 1.82) is 0 Å². The maximum absolute atomic E-state index is 9.32. The molecule has 1 unspecified atom stereocenters. The van der Waals surface area contributed by atoms with Crippen LogP contribution in [0.2, 0.25) is 0 Å². The summed E-state index contributed by atoms with van der Waals surface area (Å²) in [4.78, 5) is 8.59. The lowest BCUT2D eigenvalue weighted by molar-refractivity contribution is 0.229. The highest BCUT2D eigenvalue weighted by Crippen LogP contribution is 2.19. The van der Waals surface area contributed by atoms with Gasteiger partial charge in [0.1, 0.15) is 11.5 Å². The first-order valence-electron chi connectivity index (χ1n) is 6.67. The highest BCUT2D eigenvalue weighted by Gasteiger charge is 2.11. The van der Waals surface area contributed by atoms with Gasteiger partial charge in [0, 0.05) is 5.92 Å². The Hall–Kier alpha value is -1.16. The minimum absolute atomic E-state index is 0.111. The summed E-state index contributed by atoms with van der Waals surface area (Å²) in [6.07, 6.45) is 3.96. The Morgan fingerprint density at radius 3 is 2.61 bits per heavy atom. The lowest BCUT2D eigenvalue weighted by Crippen LogP contribution is -2.11. The van der Waals surface area contributed by atoms with E-state index >= 15 is 0 Å². The predicted molar refractivity (Wildman–Crippen MR) is 71.6 cm³/mol. The fourth-order valence-electron chi connectivity index (χ4n) is 1.74. The molecule has 0 bridgehead atoms. The Morgan fingerprint density at radius 1 is 1.33 bits per heavy atom. The van der Waals surface area contributed by atoms with Crippen LogP contribution in [0, 0.1) is 5.92 Å². The summed E-state index contributed by atoms with van der Waals surface area (Å²) >= 11 is 0. The molecule has 102 valence electrons. The number of hydrogen-bond acceptors (Lipinski definition) is 4. The molecule has 4 nitrogen and oxygen atoms in total. The van der Waals surface area contributed by atoms with Crippen LogP contribution < -0.4 is 4.74 Å². The van der Waals surface area contributed by atoms with E-state index in [1.807, 2.05) is 13.8 Å². The van der Waals surface area contributed by atoms with Gasteiger partial charge >= 0.3 is 0 Å². The molecule has 18 heavy (non-hydrogen) atoms. The van der Waals surface area contributed by atoms with Crippen LogP contribution in [0.25, 0.3) is 0 Å². The molecule has 0 spiro atoms. The largest absolute Gasteiger partial charge is 0.490 e. The molecule has 0 saturated heterocycles. The lowest BCUT2D eigenvalue weighted by atomic mass is 10.1. The third-order valence-corrected chi connectivity index (χ3v) is 2.82. The molecule has 0 fully saturated rings. The van der Waals surface area contributed by atoms with Gasteiger partial charge in [-0.15, -0.1) is 0 Å². The molecule has 0 aromatic carbocycles. The standard InChI is InChI=1S/C14H24N2O2/c1-5-6-11(4)9-18-13-7-15-14(10(2)3)16-12(13)8-17/h7,10-11,17H,5-6,8-9H2,1-4H3. The smallest absolute Gasteiger partial charge is 0.161 e. The van der Waals surface area contributed by atoms with Crippen molar-refractivity contribution in [2.24, 2.45) is 5.92 Å². The monoisotopic (exact) mass is 252 g/mol. The number of ether oxygens (including phenoxy) is 1. The van der Waals surface area contributed by atoms with Crippen molar-refractivity contribution >= 4 is 0 Å². The second kappa shape index (κ2) is 7.31. The predicted octanol–water partition coefficient (Wildman–Crippen LogP) is 2.91. The number of aromatic nitrogens is 2. The van der Waals surface area contributed by atoms with Gasteiger partial charge in [0.05, 0.1) is 19.4 Å². The van der Waals surface area contributed by atoms with Gasteiger partial charge < -0.3 is 9.84 Å². The second-order valence-corrected chi connectivity index (χ2v) is 5.06. The van der Waals surface area contributed by atoms with Gasteiger partial charge in [0.2, 0.25) is 0 Å². The molecule has 1 atom stereocenters. The van der Waals surface area contributed by atoms with Crippen molar-refractivity contribution in [3.63, 3.8) is 0 Å². The van der Waals surface area contributed by atoms with Crippen LogP contribution in [0.4, 0.5) is 0 Å². The zero-order chi connectivity index (χ0) is 13.5. The van der Waals surface area contributed by atoms with Crippen LogP contribution >= 0.6 is 0 Å². The van der Waals surface area contributed by atoms with Gasteiger partial charge in [-0.1, -0.05) is 34.1 Å². The summed E-state index contributed by atoms with van der Waals surface area (Å²) in [5.41, 5.74) is 0.581. The van der Waals surface area contributed by atoms with E-state index in [0.717, 1.165) is 18.7 Å². The number of nitrogens with zero attached hydrogens (tertiary/aromatic N) is 2. The molecule has 1 aromatic rings. The van der Waals surface area contributed by atoms with E-state index in [9.17, 15) is 5.11 Å². The van der Waals surface area contributed by atoms with Gasteiger partial charge in [0.15, 0.2) is 5.75 Å². The third kappa shape index (κ3) is 4.26. The van der Waals surface area contributed by atoms with Crippen LogP contribution in [0.1, 0.15) is 58.0 Å². The van der Waals surface area contributed by atoms with Crippen molar-refractivity contribution in [1.82, 2.24) is 9.97 Å². The second-order valence-electron chi connectivity index (χ2n) is 5.06. The molecule has 0 aliphatic rings. The molecule has 4 heteroatoms. The van der Waals surface area contributed by atoms with E-state index in [4.69, 9.17) is 4.74 Å². The Kier molecular flexibility index (Phi) is 6.05. The van der Waals surface area contributed by atoms with Crippen molar-refractivity contribution in [2.75, 3.05) is 6.61 Å². The van der Waals surface area contributed by atoms with Crippen LogP contribution in [-0.4, -0.2) is 21.7 Å². The maximum atomic E-state index is 9.32. The van der Waals surface area contributed by atoms with Gasteiger partial charge in [-0.2, -0.15) is 0 Å². The first-order chi connectivity index (χ1) is 8.58. The van der Waals surface area contributed by atoms with Gasteiger partial charge in [-0.3, -0.25) is 0 Å². The highest BCUT2D eigenvalue weighted by molar-refractivity contribution is 5.24. The van der Waals surface area contributed by atoms with Gasteiger partial charge in [-0.25, -0.2) is 9.97 Å². The van der Waals surface area contributed by atoms with E-state index in [1.165, 1.54) is 0 Å². The van der Waals surface area contributed by atoms with E-state index in [-0.39, 0.29) is 12.5 Å². The summed E-state index contributed by atoms with van der Waals surface area (Å²) in [6.45, 7) is 8.91. The molecule has 1 aromatic heterocycles. The topological polar surface area (TPSA) is 55.2 Å². The first-order valence-corrected chi connectivity index (χ1v) is 6.67. The molecule has 0 amide bonds. The van der Waals surface area contributed by atoms with Crippen molar-refractivity contribution in [2.45, 2.75) is 53.1 Å². The zero-order valence-corrected chi connectivity index (χ0v) is 11.8. The highest BCUT2D eigenvalue weighted by atomic mass is 16.5. The Labute approximate surface area is 109 Å². The summed E-state index contributed by atoms with van der Waals surface area (Å²) < 4.78 is 5.69. The quantitative estimate of drug-likeness (QED) is 0.810. The molecule has 0 saturated carbocycles. The SMILES string of the molecule is CCCC(C)COc1cnc(C(C)C)nc1CO. The van der Waals surface area contributed by atoms with E-state index < -0.39 is 0 Å². The molecule has 0 aliphatic carbocycles. The van der Waals surface area contributed by atoms with Crippen LogP contribution in [0.3, 0.4) is 0 Å². The zero-order valence-electron chi connectivity index (χ0n) is 11.8. The molecule has 1 heterocycles. The number of aliphatic hydroxyl groups is 1. The summed E-state index contributed by atoms with van der Waals surface area (Å²) in [6, 6.07) is 0. The Bertz CT molecular complexity index is 367. The molecule has 0 aliphatic heterocycles. The minimum atomic E-state index is -0.111. The summed E-state index contributed by atoms with van der Waals surface area (Å²) in [5.74, 6) is 2.10. The maximum Gasteiger partial charge on any atom is 0.161 e. The average molecular weight is 252 g/mol. The van der Waals surface area contributed by atoms with E-state index in [1.54, 1.807) is 6.20 Å². The van der Waals surface area contributed by atoms with E-state index in [0.29, 0.717) is 24.0 Å². The molecule has 0 radical (unpaired) electrons. The van der Waals surface area contributed by atoms with Gasteiger partial charge in [-0.05, 0) is 12.3 Å². The molecular weight excluding hydrogens is 228 g/mol. The Balaban J connectivity index is 2.70. The first kappa shape index (κ1) is 14.9. The molecule has 1 N–H and O–H groups in total. The van der Waals surface area contributed by atoms with Crippen LogP contribution in [0.5, 0.6) is 5.75 Å². The van der Waals surface area contributed by atoms with Crippen LogP contribution in [0.15, 0.2) is 6.20 Å². The summed E-state index contributed by atoms with van der Waals surface area (Å²) in [5, 5.41) is 9.32. The third-order valence-electron chi connectivity index (χ3n) is 2.82.